The summed E-state index contributed by atoms with van der Waals surface area (Å²) in [5.74, 6) is 0.199. The molecule has 0 aliphatic rings. The lowest BCUT2D eigenvalue weighted by atomic mass is 10.1. The summed E-state index contributed by atoms with van der Waals surface area (Å²) in [6.45, 7) is 1.59. The predicted molar refractivity (Wildman–Crippen MR) is 91.4 cm³/mol. The summed E-state index contributed by atoms with van der Waals surface area (Å²) >= 11 is 0. The standard InChI is InChI=1S/C19H21F2NO3/c1-13-10-14(2)12-15(11-13)24-9-8-22(3)18(23)16-6-4-5-7-17(16)25-19(20)21/h4-7,10-12,19H,8-9H2,1-3H3. The molecule has 0 aliphatic heterocycles. The van der Waals surface area contributed by atoms with Crippen molar-refractivity contribution in [1.82, 2.24) is 4.90 Å². The van der Waals surface area contributed by atoms with Crippen LogP contribution in [0.1, 0.15) is 21.5 Å². The molecule has 2 aromatic rings. The quantitative estimate of drug-likeness (QED) is 0.757. The Morgan fingerprint density at radius 2 is 1.76 bits per heavy atom. The Morgan fingerprint density at radius 3 is 2.40 bits per heavy atom. The zero-order valence-corrected chi connectivity index (χ0v) is 14.5. The van der Waals surface area contributed by atoms with Crippen LogP contribution in [-0.4, -0.2) is 37.6 Å². The minimum absolute atomic E-state index is 0.0942. The molecule has 0 aromatic heterocycles. The number of ether oxygens (including phenoxy) is 2. The van der Waals surface area contributed by atoms with E-state index in [1.54, 1.807) is 13.1 Å². The van der Waals surface area contributed by atoms with E-state index >= 15 is 0 Å². The number of carbonyl (C=O) groups excluding carboxylic acids is 1. The molecule has 2 aromatic carbocycles. The van der Waals surface area contributed by atoms with Crippen molar-refractivity contribution in [2.24, 2.45) is 0 Å². The van der Waals surface area contributed by atoms with Gasteiger partial charge in [-0.05, 0) is 49.2 Å². The first-order valence-electron chi connectivity index (χ1n) is 7.87. The van der Waals surface area contributed by atoms with E-state index in [1.165, 1.54) is 23.1 Å². The first-order valence-corrected chi connectivity index (χ1v) is 7.87. The van der Waals surface area contributed by atoms with Gasteiger partial charge in [-0.25, -0.2) is 0 Å². The highest BCUT2D eigenvalue weighted by Gasteiger charge is 2.18. The maximum absolute atomic E-state index is 12.5. The van der Waals surface area contributed by atoms with Crippen LogP contribution in [0.25, 0.3) is 0 Å². The van der Waals surface area contributed by atoms with Crippen LogP contribution in [-0.2, 0) is 0 Å². The summed E-state index contributed by atoms with van der Waals surface area (Å²) in [6, 6.07) is 11.8. The van der Waals surface area contributed by atoms with Gasteiger partial charge in [-0.3, -0.25) is 4.79 Å². The number of hydrogen-bond acceptors (Lipinski definition) is 3. The second-order valence-corrected chi connectivity index (χ2v) is 5.77. The van der Waals surface area contributed by atoms with Crippen molar-refractivity contribution in [2.45, 2.75) is 20.5 Å². The zero-order chi connectivity index (χ0) is 18.4. The molecule has 0 N–H and O–H groups in total. The number of alkyl halides is 2. The first kappa shape index (κ1) is 18.7. The minimum atomic E-state index is -2.98. The largest absolute Gasteiger partial charge is 0.492 e. The Labute approximate surface area is 146 Å². The molecule has 0 spiro atoms. The first-order chi connectivity index (χ1) is 11.9. The Balaban J connectivity index is 1.96. The van der Waals surface area contributed by atoms with Crippen LogP contribution in [0.2, 0.25) is 0 Å². The van der Waals surface area contributed by atoms with E-state index in [2.05, 4.69) is 4.74 Å². The molecule has 2 rings (SSSR count). The number of rotatable bonds is 7. The summed E-state index contributed by atoms with van der Waals surface area (Å²) in [5.41, 5.74) is 2.28. The van der Waals surface area contributed by atoms with Crippen molar-refractivity contribution in [2.75, 3.05) is 20.2 Å². The normalized spacial score (nSPS) is 10.6. The van der Waals surface area contributed by atoms with E-state index in [4.69, 9.17) is 4.74 Å². The summed E-state index contributed by atoms with van der Waals surface area (Å²) < 4.78 is 35.0. The van der Waals surface area contributed by atoms with Gasteiger partial charge < -0.3 is 14.4 Å². The van der Waals surface area contributed by atoms with Crippen LogP contribution in [0, 0.1) is 13.8 Å². The highest BCUT2D eigenvalue weighted by molar-refractivity contribution is 5.96. The Bertz CT molecular complexity index is 714. The van der Waals surface area contributed by atoms with Crippen LogP contribution >= 0.6 is 0 Å². The SMILES string of the molecule is Cc1cc(C)cc(OCCN(C)C(=O)c2ccccc2OC(F)F)c1. The third kappa shape index (κ3) is 5.45. The van der Waals surface area contributed by atoms with E-state index in [-0.39, 0.29) is 11.3 Å². The van der Waals surface area contributed by atoms with Crippen LogP contribution in [0.3, 0.4) is 0 Å². The maximum atomic E-state index is 12.5. The predicted octanol–water partition coefficient (Wildman–Crippen LogP) is 4.06. The third-order valence-electron chi connectivity index (χ3n) is 3.57. The lowest BCUT2D eigenvalue weighted by molar-refractivity contribution is -0.0502. The molecule has 0 saturated carbocycles. The number of halogens is 2. The lowest BCUT2D eigenvalue weighted by Gasteiger charge is -2.19. The van der Waals surface area contributed by atoms with E-state index < -0.39 is 12.5 Å². The van der Waals surface area contributed by atoms with Crippen LogP contribution < -0.4 is 9.47 Å². The zero-order valence-electron chi connectivity index (χ0n) is 14.5. The number of aryl methyl sites for hydroxylation is 2. The fourth-order valence-electron chi connectivity index (χ4n) is 2.47. The fourth-order valence-corrected chi connectivity index (χ4v) is 2.47. The molecule has 0 heterocycles. The molecule has 0 aliphatic carbocycles. The molecule has 0 bridgehead atoms. The molecule has 0 atom stereocenters. The molecule has 1 amide bonds. The third-order valence-corrected chi connectivity index (χ3v) is 3.57. The van der Waals surface area contributed by atoms with E-state index in [0.29, 0.717) is 13.2 Å². The van der Waals surface area contributed by atoms with Gasteiger partial charge in [0, 0.05) is 7.05 Å². The van der Waals surface area contributed by atoms with Crippen LogP contribution in [0.5, 0.6) is 11.5 Å². The number of hydrogen-bond donors (Lipinski definition) is 0. The highest BCUT2D eigenvalue weighted by Crippen LogP contribution is 2.21. The molecule has 25 heavy (non-hydrogen) atoms. The topological polar surface area (TPSA) is 38.8 Å². The van der Waals surface area contributed by atoms with Crippen LogP contribution in [0.4, 0.5) is 8.78 Å². The maximum Gasteiger partial charge on any atom is 0.387 e. The van der Waals surface area contributed by atoms with Gasteiger partial charge >= 0.3 is 6.61 Å². The van der Waals surface area contributed by atoms with Gasteiger partial charge in [-0.15, -0.1) is 0 Å². The monoisotopic (exact) mass is 349 g/mol. The van der Waals surface area contributed by atoms with Gasteiger partial charge in [0.15, 0.2) is 0 Å². The molecule has 0 saturated heterocycles. The smallest absolute Gasteiger partial charge is 0.387 e. The summed E-state index contributed by atoms with van der Waals surface area (Å²) in [5, 5.41) is 0. The molecule has 6 heteroatoms. The van der Waals surface area contributed by atoms with Crippen molar-refractivity contribution in [3.05, 3.63) is 59.2 Å². The highest BCUT2D eigenvalue weighted by atomic mass is 19.3. The van der Waals surface area contributed by atoms with Crippen molar-refractivity contribution >= 4 is 5.91 Å². The second-order valence-electron chi connectivity index (χ2n) is 5.77. The lowest BCUT2D eigenvalue weighted by Crippen LogP contribution is -2.31. The number of carbonyl (C=O) groups is 1. The Kier molecular flexibility index (Phi) is 6.33. The Morgan fingerprint density at radius 1 is 1.12 bits per heavy atom. The molecule has 0 radical (unpaired) electrons. The number of amides is 1. The average molecular weight is 349 g/mol. The van der Waals surface area contributed by atoms with Crippen molar-refractivity contribution < 1.29 is 23.0 Å². The van der Waals surface area contributed by atoms with E-state index in [9.17, 15) is 13.6 Å². The molecule has 4 nitrogen and oxygen atoms in total. The van der Waals surface area contributed by atoms with Gasteiger partial charge in [-0.1, -0.05) is 18.2 Å². The number of likely N-dealkylation sites (N-methyl/N-ethyl adjacent to an activating group) is 1. The molecular weight excluding hydrogens is 328 g/mol. The number of para-hydroxylation sites is 1. The van der Waals surface area contributed by atoms with E-state index in [1.807, 2.05) is 32.0 Å². The molecular formula is C19H21F2NO3. The molecule has 134 valence electrons. The number of benzene rings is 2. The minimum Gasteiger partial charge on any atom is -0.492 e. The summed E-state index contributed by atoms with van der Waals surface area (Å²) in [7, 11) is 1.59. The van der Waals surface area contributed by atoms with Gasteiger partial charge in [-0.2, -0.15) is 8.78 Å². The van der Waals surface area contributed by atoms with Crippen molar-refractivity contribution in [3.63, 3.8) is 0 Å². The van der Waals surface area contributed by atoms with Crippen molar-refractivity contribution in [1.29, 1.82) is 0 Å². The fraction of sp³-hybridized carbons (Fsp3) is 0.316. The van der Waals surface area contributed by atoms with Gasteiger partial charge in [0.2, 0.25) is 0 Å². The van der Waals surface area contributed by atoms with Crippen molar-refractivity contribution in [3.8, 4) is 11.5 Å². The average Bonchev–Trinajstić information content (AvgIpc) is 2.53. The molecule has 0 unspecified atom stereocenters. The van der Waals surface area contributed by atoms with Gasteiger partial charge in [0.1, 0.15) is 18.1 Å². The molecule has 0 fully saturated rings. The number of nitrogens with zero attached hydrogens (tertiary/aromatic N) is 1. The van der Waals surface area contributed by atoms with Crippen LogP contribution in [0.15, 0.2) is 42.5 Å². The summed E-state index contributed by atoms with van der Waals surface area (Å²) in [6.07, 6.45) is 0. The summed E-state index contributed by atoms with van der Waals surface area (Å²) in [4.78, 5) is 13.9. The second kappa shape index (κ2) is 8.46. The Hall–Kier alpha value is -2.63. The van der Waals surface area contributed by atoms with Gasteiger partial charge in [0.05, 0.1) is 12.1 Å². The van der Waals surface area contributed by atoms with Gasteiger partial charge in [0.25, 0.3) is 5.91 Å². The van der Waals surface area contributed by atoms with E-state index in [0.717, 1.165) is 16.9 Å².